The van der Waals surface area contributed by atoms with Crippen LogP contribution in [0, 0.1) is 5.41 Å². The van der Waals surface area contributed by atoms with Gasteiger partial charge in [-0.1, -0.05) is 84.5 Å². The van der Waals surface area contributed by atoms with E-state index in [-0.39, 0.29) is 18.2 Å². The predicted molar refractivity (Wildman–Crippen MR) is 174 cm³/mol. The molecule has 0 saturated carbocycles. The SMILES string of the molecule is CCCCCCCC(CCCCCCC)OC(=O)C(C)(C)CCCCCCN1C[C@@H](OCCCN(C)C)C[C@H]1C(=O)O. The lowest BCUT2D eigenvalue weighted by Crippen LogP contribution is -2.36. The monoisotopic (exact) mass is 597 g/mol. The minimum Gasteiger partial charge on any atom is -0.480 e. The highest BCUT2D eigenvalue weighted by Gasteiger charge is 2.37. The fourth-order valence-electron chi connectivity index (χ4n) is 5.98. The molecule has 1 rings (SSSR count). The van der Waals surface area contributed by atoms with E-state index in [1.54, 1.807) is 0 Å². The summed E-state index contributed by atoms with van der Waals surface area (Å²) < 4.78 is 12.1. The molecule has 0 aromatic carbocycles. The van der Waals surface area contributed by atoms with E-state index in [2.05, 4.69) is 23.6 Å². The third kappa shape index (κ3) is 17.8. The van der Waals surface area contributed by atoms with Gasteiger partial charge in [-0.3, -0.25) is 14.5 Å². The summed E-state index contributed by atoms with van der Waals surface area (Å²) in [5.74, 6) is -0.775. The third-order valence-corrected chi connectivity index (χ3v) is 8.84. The molecule has 1 fully saturated rings. The Morgan fingerprint density at radius 3 is 2.00 bits per heavy atom. The Morgan fingerprint density at radius 2 is 1.43 bits per heavy atom. The number of ether oxygens (including phenoxy) is 2. The van der Waals surface area contributed by atoms with Gasteiger partial charge in [0.15, 0.2) is 0 Å². The van der Waals surface area contributed by atoms with Gasteiger partial charge in [-0.15, -0.1) is 0 Å². The van der Waals surface area contributed by atoms with E-state index in [4.69, 9.17) is 9.47 Å². The van der Waals surface area contributed by atoms with E-state index in [0.717, 1.165) is 77.3 Å². The smallest absolute Gasteiger partial charge is 0.321 e. The number of carbonyl (C=O) groups excluding carboxylic acids is 1. The van der Waals surface area contributed by atoms with Crippen LogP contribution < -0.4 is 0 Å². The summed E-state index contributed by atoms with van der Waals surface area (Å²) in [6.07, 6.45) is 20.9. The van der Waals surface area contributed by atoms with E-state index in [9.17, 15) is 14.7 Å². The van der Waals surface area contributed by atoms with Crippen LogP contribution in [0.25, 0.3) is 0 Å². The number of hydrogen-bond acceptors (Lipinski definition) is 6. The molecule has 0 radical (unpaired) electrons. The first-order chi connectivity index (χ1) is 20.1. The first-order valence-corrected chi connectivity index (χ1v) is 17.5. The molecule has 0 spiro atoms. The lowest BCUT2D eigenvalue weighted by Gasteiger charge is -2.27. The van der Waals surface area contributed by atoms with Crippen molar-refractivity contribution >= 4 is 11.9 Å². The number of likely N-dealkylation sites (tertiary alicyclic amines) is 1. The molecule has 0 aliphatic carbocycles. The molecular formula is C35H68N2O5. The van der Waals surface area contributed by atoms with Crippen molar-refractivity contribution in [3.63, 3.8) is 0 Å². The van der Waals surface area contributed by atoms with E-state index in [0.29, 0.717) is 19.6 Å². The summed E-state index contributed by atoms with van der Waals surface area (Å²) in [7, 11) is 4.10. The number of carbonyl (C=O) groups is 2. The van der Waals surface area contributed by atoms with Gasteiger partial charge in [0.05, 0.1) is 11.5 Å². The summed E-state index contributed by atoms with van der Waals surface area (Å²) in [5.41, 5.74) is -0.469. The lowest BCUT2D eigenvalue weighted by atomic mass is 9.86. The Morgan fingerprint density at radius 1 is 0.857 bits per heavy atom. The predicted octanol–water partition coefficient (Wildman–Crippen LogP) is 8.09. The fraction of sp³-hybridized carbons (Fsp3) is 0.943. The molecule has 0 unspecified atom stereocenters. The second kappa shape index (κ2) is 23.2. The van der Waals surface area contributed by atoms with Gasteiger partial charge < -0.3 is 19.5 Å². The second-order valence-corrected chi connectivity index (χ2v) is 13.7. The van der Waals surface area contributed by atoms with Gasteiger partial charge in [-0.05, 0) is 86.0 Å². The molecule has 1 aliphatic heterocycles. The van der Waals surface area contributed by atoms with Gasteiger partial charge >= 0.3 is 11.9 Å². The minimum atomic E-state index is -0.741. The van der Waals surface area contributed by atoms with Gasteiger partial charge in [0, 0.05) is 19.6 Å². The number of unbranched alkanes of at least 4 members (excludes halogenated alkanes) is 11. The number of rotatable bonds is 27. The van der Waals surface area contributed by atoms with Crippen molar-refractivity contribution in [1.82, 2.24) is 9.80 Å². The highest BCUT2D eigenvalue weighted by atomic mass is 16.5. The Kier molecular flexibility index (Phi) is 21.5. The number of carboxylic acid groups (broad SMARTS) is 1. The van der Waals surface area contributed by atoms with Crippen LogP contribution in [0.2, 0.25) is 0 Å². The lowest BCUT2D eigenvalue weighted by molar-refractivity contribution is -0.161. The van der Waals surface area contributed by atoms with Gasteiger partial charge in [-0.2, -0.15) is 0 Å². The maximum atomic E-state index is 13.2. The Hall–Kier alpha value is -1.18. The Labute approximate surface area is 259 Å². The van der Waals surface area contributed by atoms with Crippen LogP contribution in [0.1, 0.15) is 150 Å². The molecule has 248 valence electrons. The molecular weight excluding hydrogens is 528 g/mol. The molecule has 7 heteroatoms. The minimum absolute atomic E-state index is 0.0107. The Balaban J connectivity index is 2.38. The molecule has 1 N–H and O–H groups in total. The zero-order valence-corrected chi connectivity index (χ0v) is 28.5. The fourth-order valence-corrected chi connectivity index (χ4v) is 5.98. The first kappa shape index (κ1) is 38.8. The molecule has 0 bridgehead atoms. The third-order valence-electron chi connectivity index (χ3n) is 8.84. The van der Waals surface area contributed by atoms with Crippen LogP contribution in [-0.2, 0) is 19.1 Å². The van der Waals surface area contributed by atoms with Crippen molar-refractivity contribution in [1.29, 1.82) is 0 Å². The number of esters is 1. The van der Waals surface area contributed by atoms with Crippen molar-refractivity contribution in [2.24, 2.45) is 5.41 Å². The topological polar surface area (TPSA) is 79.3 Å². The first-order valence-electron chi connectivity index (χ1n) is 17.5. The maximum Gasteiger partial charge on any atom is 0.321 e. The molecule has 7 nitrogen and oxygen atoms in total. The van der Waals surface area contributed by atoms with Crippen LogP contribution in [0.3, 0.4) is 0 Å². The zero-order chi connectivity index (χ0) is 31.2. The quantitative estimate of drug-likeness (QED) is 0.0758. The number of carboxylic acids is 1. The van der Waals surface area contributed by atoms with Crippen molar-refractivity contribution in [2.45, 2.75) is 168 Å². The van der Waals surface area contributed by atoms with Crippen LogP contribution in [0.4, 0.5) is 0 Å². The molecule has 1 heterocycles. The number of hydrogen-bond donors (Lipinski definition) is 1. The molecule has 0 aromatic heterocycles. The number of nitrogens with zero attached hydrogens (tertiary/aromatic N) is 2. The van der Waals surface area contributed by atoms with Crippen molar-refractivity contribution in [3.8, 4) is 0 Å². The van der Waals surface area contributed by atoms with E-state index in [1.165, 1.54) is 51.4 Å². The molecule has 0 aromatic rings. The van der Waals surface area contributed by atoms with Crippen LogP contribution in [-0.4, -0.2) is 85.4 Å². The second-order valence-electron chi connectivity index (χ2n) is 13.7. The highest BCUT2D eigenvalue weighted by molar-refractivity contribution is 5.76. The van der Waals surface area contributed by atoms with E-state index in [1.807, 2.05) is 27.9 Å². The van der Waals surface area contributed by atoms with Gasteiger partial charge in [-0.25, -0.2) is 0 Å². The summed E-state index contributed by atoms with van der Waals surface area (Å²) in [6, 6.07) is -0.441. The molecule has 42 heavy (non-hydrogen) atoms. The van der Waals surface area contributed by atoms with Crippen molar-refractivity contribution in [2.75, 3.05) is 40.3 Å². The molecule has 1 aliphatic rings. The van der Waals surface area contributed by atoms with Gasteiger partial charge in [0.1, 0.15) is 12.1 Å². The summed E-state index contributed by atoms with van der Waals surface area (Å²) in [6.45, 7) is 11.7. The average Bonchev–Trinajstić information content (AvgIpc) is 3.35. The number of aliphatic carboxylic acids is 1. The van der Waals surface area contributed by atoms with Crippen molar-refractivity contribution in [3.05, 3.63) is 0 Å². The molecule has 1 saturated heterocycles. The average molecular weight is 597 g/mol. The summed E-state index contributed by atoms with van der Waals surface area (Å²) >= 11 is 0. The van der Waals surface area contributed by atoms with Crippen LogP contribution in [0.5, 0.6) is 0 Å². The Bertz CT molecular complexity index is 685. The maximum absolute atomic E-state index is 13.2. The molecule has 0 amide bonds. The van der Waals surface area contributed by atoms with E-state index < -0.39 is 17.4 Å². The van der Waals surface area contributed by atoms with Gasteiger partial charge in [0.25, 0.3) is 0 Å². The normalized spacial score (nSPS) is 17.9. The standard InChI is InChI=1S/C35H68N2O5/c1-7-9-11-13-17-22-30(23-18-14-12-10-8-2)42-34(40)35(3,4)24-19-15-16-20-26-37-29-31(28-32(37)33(38)39)41-27-21-25-36(5)6/h30-32H,7-29H2,1-6H3,(H,38,39)/t31-,32-/m0/s1. The zero-order valence-electron chi connectivity index (χ0n) is 28.5. The van der Waals surface area contributed by atoms with Crippen molar-refractivity contribution < 1.29 is 24.2 Å². The highest BCUT2D eigenvalue weighted by Crippen LogP contribution is 2.28. The summed E-state index contributed by atoms with van der Waals surface area (Å²) in [4.78, 5) is 29.2. The van der Waals surface area contributed by atoms with Crippen LogP contribution >= 0.6 is 0 Å². The van der Waals surface area contributed by atoms with Crippen LogP contribution in [0.15, 0.2) is 0 Å². The van der Waals surface area contributed by atoms with E-state index >= 15 is 0 Å². The largest absolute Gasteiger partial charge is 0.480 e. The summed E-state index contributed by atoms with van der Waals surface area (Å²) in [5, 5.41) is 9.71. The van der Waals surface area contributed by atoms with Gasteiger partial charge in [0.2, 0.25) is 0 Å². The molecule has 2 atom stereocenters.